The van der Waals surface area contributed by atoms with E-state index in [1.54, 1.807) is 0 Å². The Bertz CT molecular complexity index is 584. The van der Waals surface area contributed by atoms with Crippen molar-refractivity contribution in [3.8, 4) is 0 Å². The van der Waals surface area contributed by atoms with E-state index in [2.05, 4.69) is 27.7 Å². The Morgan fingerprint density at radius 2 is 0.588 bits per heavy atom. The van der Waals surface area contributed by atoms with Gasteiger partial charge in [0.2, 0.25) is 0 Å². The lowest BCUT2D eigenvalue weighted by Gasteiger charge is -2.28. The van der Waals surface area contributed by atoms with Gasteiger partial charge in [-0.1, -0.05) is 105 Å². The third-order valence-corrected chi connectivity index (χ3v) is 9.17. The molecular formula is C41H84O10. The number of hydrogen-bond acceptors (Lipinski definition) is 10. The molecule has 0 radical (unpaired) electrons. The second-order valence-electron chi connectivity index (χ2n) is 14.7. The molecule has 0 aromatic rings. The molecule has 0 saturated heterocycles. The molecule has 0 spiro atoms. The first kappa shape index (κ1) is 50.6. The molecule has 51 heavy (non-hydrogen) atoms. The highest BCUT2D eigenvalue weighted by Gasteiger charge is 2.29. The second-order valence-corrected chi connectivity index (χ2v) is 14.7. The van der Waals surface area contributed by atoms with Gasteiger partial charge in [0.15, 0.2) is 0 Å². The Balaban J connectivity index is 5.21. The van der Waals surface area contributed by atoms with Crippen LogP contribution in [0.5, 0.6) is 0 Å². The van der Waals surface area contributed by atoms with Crippen LogP contribution in [0.1, 0.15) is 130 Å². The van der Waals surface area contributed by atoms with Crippen LogP contribution in [0.3, 0.4) is 0 Å². The Morgan fingerprint density at radius 3 is 0.843 bits per heavy atom. The first-order chi connectivity index (χ1) is 25.0. The summed E-state index contributed by atoms with van der Waals surface area (Å²) in [5.41, 5.74) is -1.09. The standard InChI is InChI=1S/C41H84O10/c1-5-9-13-17-21-45-25-38(26-46-22-18-14-10-6-2)29-49-31-40(33-51-37-41(34-42,35-43)36-44)32-50-30-39(27-47-23-19-15-11-7-3)28-48-24-20-16-12-8-4/h38-40,42-44H,5-37H2,1-4H3. The maximum atomic E-state index is 9.77. The van der Waals surface area contributed by atoms with Crippen molar-refractivity contribution >= 4 is 0 Å². The van der Waals surface area contributed by atoms with Gasteiger partial charge >= 0.3 is 0 Å². The van der Waals surface area contributed by atoms with E-state index in [-0.39, 0.29) is 44.2 Å². The third-order valence-electron chi connectivity index (χ3n) is 9.17. The number of ether oxygens (including phenoxy) is 7. The van der Waals surface area contributed by atoms with Crippen LogP contribution < -0.4 is 0 Å². The lowest BCUT2D eigenvalue weighted by Crippen LogP contribution is -2.39. The summed E-state index contributed by atoms with van der Waals surface area (Å²) < 4.78 is 42.7. The quantitative estimate of drug-likeness (QED) is 0.0552. The van der Waals surface area contributed by atoms with Gasteiger partial charge in [-0.2, -0.15) is 0 Å². The van der Waals surface area contributed by atoms with E-state index in [4.69, 9.17) is 33.2 Å². The number of aliphatic hydroxyl groups excluding tert-OH is 3. The first-order valence-electron chi connectivity index (χ1n) is 20.9. The zero-order valence-corrected chi connectivity index (χ0v) is 33.8. The van der Waals surface area contributed by atoms with Gasteiger partial charge in [0.1, 0.15) is 0 Å². The van der Waals surface area contributed by atoms with Gasteiger partial charge in [-0.05, 0) is 25.7 Å². The van der Waals surface area contributed by atoms with Crippen molar-refractivity contribution in [2.45, 2.75) is 130 Å². The fraction of sp³-hybridized carbons (Fsp3) is 1.00. The smallest absolute Gasteiger partial charge is 0.0629 e. The molecule has 0 aromatic carbocycles. The summed E-state index contributed by atoms with van der Waals surface area (Å²) in [6.45, 7) is 15.4. The Kier molecular flexibility index (Phi) is 39.0. The van der Waals surface area contributed by atoms with E-state index in [1.165, 1.54) is 77.0 Å². The molecule has 0 saturated carbocycles. The average molecular weight is 737 g/mol. The first-order valence-corrected chi connectivity index (χ1v) is 20.9. The summed E-state index contributed by atoms with van der Waals surface area (Å²) >= 11 is 0. The Labute approximate surface area is 314 Å². The molecule has 0 atom stereocenters. The normalized spacial score (nSPS) is 12.4. The van der Waals surface area contributed by atoms with Gasteiger partial charge < -0.3 is 48.5 Å². The monoisotopic (exact) mass is 737 g/mol. The average Bonchev–Trinajstić information content (AvgIpc) is 3.15. The van der Waals surface area contributed by atoms with Gasteiger partial charge in [0.05, 0.1) is 91.3 Å². The molecule has 0 aromatic heterocycles. The van der Waals surface area contributed by atoms with E-state index in [0.29, 0.717) is 59.5 Å². The minimum Gasteiger partial charge on any atom is -0.396 e. The van der Waals surface area contributed by atoms with E-state index in [9.17, 15) is 15.3 Å². The van der Waals surface area contributed by atoms with Gasteiger partial charge in [-0.25, -0.2) is 0 Å². The predicted molar refractivity (Wildman–Crippen MR) is 206 cm³/mol. The van der Waals surface area contributed by atoms with Crippen LogP contribution >= 0.6 is 0 Å². The summed E-state index contributed by atoms with van der Waals surface area (Å²) in [7, 11) is 0. The van der Waals surface area contributed by atoms with Crippen LogP contribution in [-0.4, -0.2) is 128 Å². The van der Waals surface area contributed by atoms with E-state index >= 15 is 0 Å². The molecule has 10 heteroatoms. The van der Waals surface area contributed by atoms with E-state index in [0.717, 1.165) is 52.1 Å². The Morgan fingerprint density at radius 1 is 0.333 bits per heavy atom. The lowest BCUT2D eigenvalue weighted by molar-refractivity contribution is -0.0838. The summed E-state index contributed by atoms with van der Waals surface area (Å²) in [5, 5.41) is 29.3. The van der Waals surface area contributed by atoms with Crippen LogP contribution in [-0.2, 0) is 33.2 Å². The highest BCUT2D eigenvalue weighted by molar-refractivity contribution is 4.76. The molecule has 0 fully saturated rings. The summed E-state index contributed by atoms with van der Waals surface area (Å²) in [6.07, 6.45) is 18.8. The maximum absolute atomic E-state index is 9.77. The highest BCUT2D eigenvalue weighted by atomic mass is 16.5. The van der Waals surface area contributed by atoms with Crippen LogP contribution in [0.15, 0.2) is 0 Å². The molecule has 0 unspecified atom stereocenters. The lowest BCUT2D eigenvalue weighted by atomic mass is 9.92. The van der Waals surface area contributed by atoms with Crippen molar-refractivity contribution in [2.24, 2.45) is 23.2 Å². The number of unbranched alkanes of at least 4 members (excludes halogenated alkanes) is 12. The molecule has 308 valence electrons. The number of aliphatic hydroxyl groups is 3. The van der Waals surface area contributed by atoms with Crippen LogP contribution in [0.2, 0.25) is 0 Å². The van der Waals surface area contributed by atoms with Gasteiger partial charge in [-0.3, -0.25) is 0 Å². The van der Waals surface area contributed by atoms with Crippen molar-refractivity contribution in [2.75, 3.05) is 112 Å². The van der Waals surface area contributed by atoms with Crippen LogP contribution in [0.25, 0.3) is 0 Å². The van der Waals surface area contributed by atoms with Crippen molar-refractivity contribution in [3.05, 3.63) is 0 Å². The second kappa shape index (κ2) is 39.3. The SMILES string of the molecule is CCCCCCOCC(COCCCCCC)COCC(COCC(COCCCCCC)COCCCCCC)COCC(CO)(CO)CO. The molecule has 0 amide bonds. The van der Waals surface area contributed by atoms with Crippen molar-refractivity contribution < 1.29 is 48.5 Å². The van der Waals surface area contributed by atoms with Crippen LogP contribution in [0, 0.1) is 23.2 Å². The third kappa shape index (κ3) is 31.6. The van der Waals surface area contributed by atoms with Gasteiger partial charge in [0.25, 0.3) is 0 Å². The van der Waals surface area contributed by atoms with Gasteiger partial charge in [-0.15, -0.1) is 0 Å². The minimum absolute atomic E-state index is 0.0355. The predicted octanol–water partition coefficient (Wildman–Crippen LogP) is 7.24. The van der Waals surface area contributed by atoms with E-state index in [1.807, 2.05) is 0 Å². The fourth-order valence-electron chi connectivity index (χ4n) is 5.49. The molecule has 0 bridgehead atoms. The summed E-state index contributed by atoms with van der Waals surface area (Å²) in [6, 6.07) is 0. The largest absolute Gasteiger partial charge is 0.396 e. The molecule has 3 N–H and O–H groups in total. The van der Waals surface area contributed by atoms with Gasteiger partial charge in [0, 0.05) is 44.2 Å². The zero-order chi connectivity index (χ0) is 37.5. The number of hydrogen-bond donors (Lipinski definition) is 3. The minimum atomic E-state index is -1.09. The summed E-state index contributed by atoms with van der Waals surface area (Å²) in [5.74, 6) is 0.169. The molecule has 0 rings (SSSR count). The summed E-state index contributed by atoms with van der Waals surface area (Å²) in [4.78, 5) is 0. The molecule has 10 nitrogen and oxygen atoms in total. The Hall–Kier alpha value is -0.400. The van der Waals surface area contributed by atoms with Crippen molar-refractivity contribution in [3.63, 3.8) is 0 Å². The molecular weight excluding hydrogens is 652 g/mol. The molecule has 0 aliphatic carbocycles. The highest BCUT2D eigenvalue weighted by Crippen LogP contribution is 2.17. The zero-order valence-electron chi connectivity index (χ0n) is 33.8. The number of rotatable bonds is 43. The fourth-order valence-corrected chi connectivity index (χ4v) is 5.49. The maximum Gasteiger partial charge on any atom is 0.0629 e. The molecule has 0 aliphatic heterocycles. The van der Waals surface area contributed by atoms with E-state index < -0.39 is 5.41 Å². The van der Waals surface area contributed by atoms with Crippen molar-refractivity contribution in [1.82, 2.24) is 0 Å². The molecule has 0 aliphatic rings. The van der Waals surface area contributed by atoms with Crippen LogP contribution in [0.4, 0.5) is 0 Å². The van der Waals surface area contributed by atoms with Crippen molar-refractivity contribution in [1.29, 1.82) is 0 Å². The molecule has 0 heterocycles. The topological polar surface area (TPSA) is 125 Å².